The second-order valence-corrected chi connectivity index (χ2v) is 5.91. The molecule has 2 aliphatic rings. The molecule has 126 valence electrons. The van der Waals surface area contributed by atoms with Crippen LogP contribution in [0.25, 0.3) is 0 Å². The van der Waals surface area contributed by atoms with Crippen molar-refractivity contribution < 1.29 is 19.0 Å². The van der Waals surface area contributed by atoms with Crippen LogP contribution in [-0.4, -0.2) is 47.9 Å². The second kappa shape index (κ2) is 7.31. The molecule has 0 amide bonds. The molecule has 1 aromatic heterocycles. The highest BCUT2D eigenvalue weighted by atomic mass is 35.5. The van der Waals surface area contributed by atoms with Crippen molar-refractivity contribution >= 4 is 23.5 Å². The van der Waals surface area contributed by atoms with Gasteiger partial charge in [-0.05, 0) is 32.6 Å². The summed E-state index contributed by atoms with van der Waals surface area (Å²) in [6, 6.07) is 0.252. The minimum absolute atomic E-state index is 0.252. The maximum Gasteiger partial charge on any atom is 0.347 e. The number of aromatic nitrogens is 2. The fraction of sp³-hybridized carbons (Fsp3) is 0.667. The Morgan fingerprint density at radius 1 is 1.35 bits per heavy atom. The zero-order valence-electron chi connectivity index (χ0n) is 13.0. The highest BCUT2D eigenvalue weighted by Gasteiger charge is 2.30. The van der Waals surface area contributed by atoms with Crippen LogP contribution in [0.1, 0.15) is 31.7 Å². The van der Waals surface area contributed by atoms with Crippen molar-refractivity contribution in [2.45, 2.75) is 44.8 Å². The van der Waals surface area contributed by atoms with Gasteiger partial charge in [0, 0.05) is 19.3 Å². The van der Waals surface area contributed by atoms with Crippen molar-refractivity contribution in [1.29, 1.82) is 0 Å². The highest BCUT2D eigenvalue weighted by Crippen LogP contribution is 2.32. The van der Waals surface area contributed by atoms with Gasteiger partial charge in [-0.1, -0.05) is 11.6 Å². The number of hydrogen-bond acceptors (Lipinski definition) is 7. The van der Waals surface area contributed by atoms with Crippen molar-refractivity contribution in [1.82, 2.24) is 9.97 Å². The molecule has 0 spiro atoms. The van der Waals surface area contributed by atoms with Gasteiger partial charge in [0.05, 0.1) is 12.2 Å². The highest BCUT2D eigenvalue weighted by molar-refractivity contribution is 6.30. The van der Waals surface area contributed by atoms with E-state index in [1.165, 1.54) is 0 Å². The summed E-state index contributed by atoms with van der Waals surface area (Å²) in [7, 11) is 0. The fourth-order valence-electron chi connectivity index (χ4n) is 2.70. The minimum Gasteiger partial charge on any atom is -0.463 e. The fourth-order valence-corrected chi connectivity index (χ4v) is 2.96. The van der Waals surface area contributed by atoms with E-state index in [2.05, 4.69) is 15.3 Å². The van der Waals surface area contributed by atoms with Crippen LogP contribution < -0.4 is 10.1 Å². The van der Waals surface area contributed by atoms with E-state index in [4.69, 9.17) is 25.8 Å². The van der Waals surface area contributed by atoms with E-state index < -0.39 is 6.10 Å². The quantitative estimate of drug-likeness (QED) is 0.662. The van der Waals surface area contributed by atoms with Crippen LogP contribution in [-0.2, 0) is 20.7 Å². The van der Waals surface area contributed by atoms with Crippen LogP contribution in [0.2, 0.25) is 5.15 Å². The molecule has 3 rings (SSSR count). The average Bonchev–Trinajstić information content (AvgIpc) is 2.55. The summed E-state index contributed by atoms with van der Waals surface area (Å²) >= 11 is 6.24. The Hall–Kier alpha value is -1.60. The van der Waals surface area contributed by atoms with Gasteiger partial charge in [0.15, 0.2) is 6.10 Å². The zero-order valence-corrected chi connectivity index (χ0v) is 13.8. The third-order valence-electron chi connectivity index (χ3n) is 3.93. The van der Waals surface area contributed by atoms with Crippen LogP contribution in [0.5, 0.6) is 5.88 Å². The summed E-state index contributed by atoms with van der Waals surface area (Å²) in [5.74, 6) is 0.417. The lowest BCUT2D eigenvalue weighted by molar-refractivity contribution is -0.152. The van der Waals surface area contributed by atoms with Gasteiger partial charge in [0.2, 0.25) is 11.8 Å². The summed E-state index contributed by atoms with van der Waals surface area (Å²) in [4.78, 5) is 20.5. The minimum atomic E-state index is -0.635. The topological polar surface area (TPSA) is 82.6 Å². The lowest BCUT2D eigenvalue weighted by atomic mass is 10.1. The SMILES string of the molecule is CCOC(=O)[C@H]1CCc2c(Cl)nc(NC3CCOCC3)nc2O1. The number of rotatable bonds is 4. The number of ether oxygens (including phenoxy) is 3. The van der Waals surface area contributed by atoms with Crippen LogP contribution >= 0.6 is 11.6 Å². The van der Waals surface area contributed by atoms with Gasteiger partial charge >= 0.3 is 5.97 Å². The standard InChI is InChI=1S/C15H20ClN3O4/c1-2-22-14(20)11-4-3-10-12(16)18-15(19-13(10)23-11)17-9-5-7-21-8-6-9/h9,11H,2-8H2,1H3,(H,17,18,19)/t11-/m1/s1. The number of carbonyl (C=O) groups excluding carboxylic acids is 1. The molecule has 1 atom stereocenters. The Morgan fingerprint density at radius 3 is 2.87 bits per heavy atom. The number of nitrogens with zero attached hydrogens (tertiary/aromatic N) is 2. The van der Waals surface area contributed by atoms with Gasteiger partial charge in [0.25, 0.3) is 0 Å². The lowest BCUT2D eigenvalue weighted by Crippen LogP contribution is -2.34. The Morgan fingerprint density at radius 2 is 2.13 bits per heavy atom. The van der Waals surface area contributed by atoms with Crippen LogP contribution in [0.15, 0.2) is 0 Å². The maximum absolute atomic E-state index is 11.8. The molecule has 1 saturated heterocycles. The van der Waals surface area contributed by atoms with Gasteiger partial charge < -0.3 is 19.5 Å². The van der Waals surface area contributed by atoms with Crippen molar-refractivity contribution in [3.8, 4) is 5.88 Å². The van der Waals surface area contributed by atoms with Crippen LogP contribution in [0.4, 0.5) is 5.95 Å². The first-order valence-corrected chi connectivity index (χ1v) is 8.29. The van der Waals surface area contributed by atoms with E-state index in [-0.39, 0.29) is 12.0 Å². The predicted molar refractivity (Wildman–Crippen MR) is 83.9 cm³/mol. The Bertz CT molecular complexity index is 578. The Balaban J connectivity index is 1.74. The first kappa shape index (κ1) is 16.3. The molecule has 0 saturated carbocycles. The van der Waals surface area contributed by atoms with Gasteiger partial charge in [-0.3, -0.25) is 0 Å². The van der Waals surface area contributed by atoms with E-state index in [1.54, 1.807) is 6.92 Å². The van der Waals surface area contributed by atoms with E-state index in [0.717, 1.165) is 31.6 Å². The molecule has 3 heterocycles. The maximum atomic E-state index is 11.8. The van der Waals surface area contributed by atoms with Crippen LogP contribution in [0.3, 0.4) is 0 Å². The number of carbonyl (C=O) groups is 1. The summed E-state index contributed by atoms with van der Waals surface area (Å²) in [5.41, 5.74) is 0.741. The molecule has 1 aromatic rings. The molecular formula is C15H20ClN3O4. The van der Waals surface area contributed by atoms with Crippen molar-refractivity contribution in [3.05, 3.63) is 10.7 Å². The second-order valence-electron chi connectivity index (χ2n) is 5.55. The molecule has 0 bridgehead atoms. The normalized spacial score (nSPS) is 21.2. The summed E-state index contributed by atoms with van der Waals surface area (Å²) < 4.78 is 16.0. The average molecular weight is 342 g/mol. The Kier molecular flexibility index (Phi) is 5.17. The van der Waals surface area contributed by atoms with Gasteiger partial charge in [-0.25, -0.2) is 9.78 Å². The molecule has 2 aliphatic heterocycles. The number of fused-ring (bicyclic) bond motifs is 1. The van der Waals surface area contributed by atoms with E-state index >= 15 is 0 Å². The summed E-state index contributed by atoms with van der Waals surface area (Å²) in [5, 5.41) is 3.63. The molecule has 0 aliphatic carbocycles. The monoisotopic (exact) mass is 341 g/mol. The molecule has 8 heteroatoms. The van der Waals surface area contributed by atoms with Crippen molar-refractivity contribution in [2.24, 2.45) is 0 Å². The predicted octanol–water partition coefficient (Wildman–Crippen LogP) is 1.98. The molecular weight excluding hydrogens is 322 g/mol. The van der Waals surface area contributed by atoms with Gasteiger partial charge in [-0.2, -0.15) is 4.98 Å². The summed E-state index contributed by atoms with van der Waals surface area (Å²) in [6.45, 7) is 3.53. The third kappa shape index (κ3) is 3.84. The largest absolute Gasteiger partial charge is 0.463 e. The number of hydrogen-bond donors (Lipinski definition) is 1. The van der Waals surface area contributed by atoms with Crippen LogP contribution in [0, 0.1) is 0 Å². The first-order chi connectivity index (χ1) is 11.2. The number of halogens is 1. The number of nitrogens with one attached hydrogen (secondary N) is 1. The molecule has 1 fully saturated rings. The molecule has 0 aromatic carbocycles. The molecule has 1 N–H and O–H groups in total. The smallest absolute Gasteiger partial charge is 0.347 e. The van der Waals surface area contributed by atoms with E-state index in [1.807, 2.05) is 0 Å². The number of esters is 1. The lowest BCUT2D eigenvalue weighted by Gasteiger charge is -2.26. The first-order valence-electron chi connectivity index (χ1n) is 7.91. The van der Waals surface area contributed by atoms with Crippen molar-refractivity contribution in [3.63, 3.8) is 0 Å². The molecule has 0 radical (unpaired) electrons. The van der Waals surface area contributed by atoms with Crippen molar-refractivity contribution in [2.75, 3.05) is 25.1 Å². The van der Waals surface area contributed by atoms with E-state index in [9.17, 15) is 4.79 Å². The van der Waals surface area contributed by atoms with Gasteiger partial charge in [0.1, 0.15) is 5.15 Å². The number of anilines is 1. The molecule has 23 heavy (non-hydrogen) atoms. The van der Waals surface area contributed by atoms with E-state index in [0.29, 0.717) is 36.4 Å². The zero-order chi connectivity index (χ0) is 16.2. The Labute approximate surface area is 139 Å². The molecule has 7 nitrogen and oxygen atoms in total. The summed E-state index contributed by atoms with van der Waals surface area (Å²) in [6.07, 6.45) is 2.26. The molecule has 0 unspecified atom stereocenters. The third-order valence-corrected chi connectivity index (χ3v) is 4.25. The van der Waals surface area contributed by atoms with Gasteiger partial charge in [-0.15, -0.1) is 0 Å².